The van der Waals surface area contributed by atoms with Gasteiger partial charge in [0.05, 0.1) is 24.8 Å². The van der Waals surface area contributed by atoms with Gasteiger partial charge in [0.15, 0.2) is 0 Å². The topological polar surface area (TPSA) is 82.8 Å². The van der Waals surface area contributed by atoms with Gasteiger partial charge in [0, 0.05) is 13.1 Å². The number of amides is 1. The Morgan fingerprint density at radius 3 is 2.85 bits per heavy atom. The molecule has 0 aromatic carbocycles. The minimum absolute atomic E-state index is 0.0720. The van der Waals surface area contributed by atoms with Gasteiger partial charge in [-0.1, -0.05) is 6.92 Å². The first-order valence-electron chi connectivity index (χ1n) is 6.75. The molecule has 6 nitrogen and oxygen atoms in total. The van der Waals surface area contributed by atoms with Crippen molar-refractivity contribution in [1.82, 2.24) is 10.2 Å². The molecule has 2 N–H and O–H groups in total. The van der Waals surface area contributed by atoms with Crippen LogP contribution in [0.4, 0.5) is 0 Å². The van der Waals surface area contributed by atoms with Crippen molar-refractivity contribution in [2.45, 2.75) is 19.9 Å². The number of rotatable bonds is 5. The van der Waals surface area contributed by atoms with Crippen LogP contribution in [-0.4, -0.2) is 41.5 Å². The van der Waals surface area contributed by atoms with Crippen LogP contribution in [-0.2, 0) is 9.59 Å². The Hall–Kier alpha value is -1.82. The van der Waals surface area contributed by atoms with Gasteiger partial charge < -0.3 is 14.8 Å². The summed E-state index contributed by atoms with van der Waals surface area (Å²) in [4.78, 5) is 24.9. The third-order valence-corrected chi connectivity index (χ3v) is 3.72. The highest BCUT2D eigenvalue weighted by Gasteiger charge is 2.35. The van der Waals surface area contributed by atoms with E-state index in [1.165, 1.54) is 0 Å². The third kappa shape index (κ3) is 3.39. The lowest BCUT2D eigenvalue weighted by atomic mass is 9.99. The van der Waals surface area contributed by atoms with E-state index in [0.717, 1.165) is 0 Å². The average molecular weight is 280 g/mol. The largest absolute Gasteiger partial charge is 0.481 e. The van der Waals surface area contributed by atoms with Crippen molar-refractivity contribution in [3.05, 3.63) is 24.2 Å². The Kier molecular flexibility index (Phi) is 4.44. The van der Waals surface area contributed by atoms with Crippen LogP contribution in [0.5, 0.6) is 0 Å². The second-order valence-corrected chi connectivity index (χ2v) is 5.42. The van der Waals surface area contributed by atoms with Gasteiger partial charge >= 0.3 is 5.97 Å². The minimum Gasteiger partial charge on any atom is -0.481 e. The first-order valence-corrected chi connectivity index (χ1v) is 6.75. The summed E-state index contributed by atoms with van der Waals surface area (Å²) in [5, 5.41) is 11.9. The molecule has 1 aliphatic rings. The molecule has 0 spiro atoms. The van der Waals surface area contributed by atoms with Crippen LogP contribution in [0, 0.1) is 11.8 Å². The zero-order valence-electron chi connectivity index (χ0n) is 11.7. The fourth-order valence-electron chi connectivity index (χ4n) is 2.62. The number of nitrogens with zero attached hydrogens (tertiary/aromatic N) is 1. The fraction of sp³-hybridized carbons (Fsp3) is 0.571. The summed E-state index contributed by atoms with van der Waals surface area (Å²) < 4.78 is 5.23. The molecule has 1 aliphatic heterocycles. The number of aliphatic carboxylic acids is 1. The van der Waals surface area contributed by atoms with Crippen molar-refractivity contribution in [3.8, 4) is 0 Å². The maximum Gasteiger partial charge on any atom is 0.308 e. The number of furan rings is 1. The summed E-state index contributed by atoms with van der Waals surface area (Å²) in [6, 6.07) is 3.40. The molecule has 3 unspecified atom stereocenters. The highest BCUT2D eigenvalue weighted by molar-refractivity contribution is 5.78. The van der Waals surface area contributed by atoms with Crippen LogP contribution in [0.1, 0.15) is 25.6 Å². The molecule has 2 rings (SSSR count). The second-order valence-electron chi connectivity index (χ2n) is 5.42. The van der Waals surface area contributed by atoms with Crippen LogP contribution < -0.4 is 5.32 Å². The fourth-order valence-corrected chi connectivity index (χ4v) is 2.62. The number of carboxylic acids is 1. The predicted octanol–water partition coefficient (Wildman–Crippen LogP) is 1.11. The zero-order chi connectivity index (χ0) is 14.7. The van der Waals surface area contributed by atoms with Gasteiger partial charge in [0.2, 0.25) is 5.91 Å². The Morgan fingerprint density at radius 1 is 1.55 bits per heavy atom. The maximum atomic E-state index is 11.9. The Morgan fingerprint density at radius 2 is 2.30 bits per heavy atom. The molecule has 110 valence electrons. The molecule has 1 saturated heterocycles. The van der Waals surface area contributed by atoms with E-state index in [9.17, 15) is 9.59 Å². The molecule has 3 atom stereocenters. The summed E-state index contributed by atoms with van der Waals surface area (Å²) >= 11 is 0. The summed E-state index contributed by atoms with van der Waals surface area (Å²) in [6.07, 6.45) is 1.57. The smallest absolute Gasteiger partial charge is 0.308 e. The Labute approximate surface area is 117 Å². The summed E-state index contributed by atoms with van der Waals surface area (Å²) in [7, 11) is 0. The van der Waals surface area contributed by atoms with Gasteiger partial charge in [-0.15, -0.1) is 0 Å². The zero-order valence-corrected chi connectivity index (χ0v) is 11.7. The highest BCUT2D eigenvalue weighted by atomic mass is 16.4. The van der Waals surface area contributed by atoms with Gasteiger partial charge in [-0.05, 0) is 25.0 Å². The molecule has 1 amide bonds. The summed E-state index contributed by atoms with van der Waals surface area (Å²) in [5.74, 6) is -0.513. The van der Waals surface area contributed by atoms with Gasteiger partial charge in [-0.3, -0.25) is 14.5 Å². The van der Waals surface area contributed by atoms with Crippen molar-refractivity contribution in [1.29, 1.82) is 0 Å². The van der Waals surface area contributed by atoms with Crippen LogP contribution in [0.25, 0.3) is 0 Å². The van der Waals surface area contributed by atoms with Gasteiger partial charge in [0.25, 0.3) is 0 Å². The van der Waals surface area contributed by atoms with E-state index in [4.69, 9.17) is 9.52 Å². The normalized spacial score (nSPS) is 24.5. The molecule has 1 aromatic heterocycles. The number of hydrogen-bond acceptors (Lipinski definition) is 4. The SMILES string of the molecule is CC(NC(=O)CN1CC(C)C(C(=O)O)C1)c1ccco1. The van der Waals surface area contributed by atoms with Crippen molar-refractivity contribution in [2.24, 2.45) is 11.8 Å². The molecular formula is C14H20N2O4. The van der Waals surface area contributed by atoms with E-state index < -0.39 is 5.97 Å². The van der Waals surface area contributed by atoms with Gasteiger partial charge in [-0.25, -0.2) is 0 Å². The first-order chi connectivity index (χ1) is 9.47. The number of carbonyl (C=O) groups is 2. The lowest BCUT2D eigenvalue weighted by Crippen LogP contribution is -2.37. The van der Waals surface area contributed by atoms with Crippen molar-refractivity contribution >= 4 is 11.9 Å². The van der Waals surface area contributed by atoms with Gasteiger partial charge in [0.1, 0.15) is 5.76 Å². The Balaban J connectivity index is 1.82. The standard InChI is InChI=1S/C14H20N2O4/c1-9-6-16(7-11(9)14(18)19)8-13(17)15-10(2)12-4-3-5-20-12/h3-5,9-11H,6-8H2,1-2H3,(H,15,17)(H,18,19). The first kappa shape index (κ1) is 14.6. The molecule has 0 radical (unpaired) electrons. The van der Waals surface area contributed by atoms with Crippen molar-refractivity contribution < 1.29 is 19.1 Å². The van der Waals surface area contributed by atoms with E-state index in [0.29, 0.717) is 18.8 Å². The van der Waals surface area contributed by atoms with E-state index in [-0.39, 0.29) is 30.3 Å². The van der Waals surface area contributed by atoms with Gasteiger partial charge in [-0.2, -0.15) is 0 Å². The lowest BCUT2D eigenvalue weighted by Gasteiger charge is -2.17. The quantitative estimate of drug-likeness (QED) is 0.844. The Bertz CT molecular complexity index is 472. The molecule has 2 heterocycles. The van der Waals surface area contributed by atoms with E-state index in [1.54, 1.807) is 12.3 Å². The van der Waals surface area contributed by atoms with Crippen LogP contribution in [0.2, 0.25) is 0 Å². The average Bonchev–Trinajstić information content (AvgIpc) is 2.98. The van der Waals surface area contributed by atoms with Crippen molar-refractivity contribution in [3.63, 3.8) is 0 Å². The summed E-state index contributed by atoms with van der Waals surface area (Å²) in [6.45, 7) is 5.04. The molecular weight excluding hydrogens is 260 g/mol. The maximum absolute atomic E-state index is 11.9. The number of carbonyl (C=O) groups excluding carboxylic acids is 1. The molecule has 6 heteroatoms. The van der Waals surface area contributed by atoms with E-state index >= 15 is 0 Å². The van der Waals surface area contributed by atoms with E-state index in [2.05, 4.69) is 5.32 Å². The van der Waals surface area contributed by atoms with Crippen molar-refractivity contribution in [2.75, 3.05) is 19.6 Å². The predicted molar refractivity (Wildman–Crippen MR) is 72.0 cm³/mol. The molecule has 0 saturated carbocycles. The molecule has 1 fully saturated rings. The number of likely N-dealkylation sites (tertiary alicyclic amines) is 1. The van der Waals surface area contributed by atoms with E-state index in [1.807, 2.05) is 24.8 Å². The monoisotopic (exact) mass is 280 g/mol. The molecule has 1 aromatic rings. The second kappa shape index (κ2) is 6.09. The lowest BCUT2D eigenvalue weighted by molar-refractivity contribution is -0.142. The number of nitrogens with one attached hydrogen (secondary N) is 1. The number of hydrogen-bond donors (Lipinski definition) is 2. The summed E-state index contributed by atoms with van der Waals surface area (Å²) in [5.41, 5.74) is 0. The van der Waals surface area contributed by atoms with Crippen LogP contribution >= 0.6 is 0 Å². The molecule has 0 aliphatic carbocycles. The van der Waals surface area contributed by atoms with Crippen LogP contribution in [0.3, 0.4) is 0 Å². The van der Waals surface area contributed by atoms with Crippen LogP contribution in [0.15, 0.2) is 22.8 Å². The highest BCUT2D eigenvalue weighted by Crippen LogP contribution is 2.22. The molecule has 20 heavy (non-hydrogen) atoms. The third-order valence-electron chi connectivity index (χ3n) is 3.72. The molecule has 0 bridgehead atoms. The number of carboxylic acid groups (broad SMARTS) is 1. The minimum atomic E-state index is -0.788.